The van der Waals surface area contributed by atoms with Crippen molar-refractivity contribution in [3.63, 3.8) is 0 Å². The average Bonchev–Trinajstić information content (AvgIpc) is 2.37. The van der Waals surface area contributed by atoms with E-state index in [1.165, 1.54) is 0 Å². The normalized spacial score (nSPS) is 13.3. The molecule has 1 rings (SSSR count). The number of aliphatic hydroxyl groups is 2. The monoisotopic (exact) mass is 301 g/mol. The highest BCUT2D eigenvalue weighted by atomic mass is 35.5. The van der Waals surface area contributed by atoms with Gasteiger partial charge in [-0.2, -0.15) is 0 Å². The molecule has 2 unspecified atom stereocenters. The van der Waals surface area contributed by atoms with Crippen molar-refractivity contribution < 1.29 is 15.1 Å². The summed E-state index contributed by atoms with van der Waals surface area (Å²) in [6.45, 7) is -0.0244. The minimum absolute atomic E-state index is 0.00318. The highest BCUT2D eigenvalue weighted by Gasteiger charge is 2.24. The van der Waals surface area contributed by atoms with Gasteiger partial charge >= 0.3 is 0 Å². The number of rotatable bonds is 6. The van der Waals surface area contributed by atoms with Gasteiger partial charge in [0.15, 0.2) is 0 Å². The fourth-order valence-corrected chi connectivity index (χ4v) is 1.86. The zero-order valence-electron chi connectivity index (χ0n) is 10.2. The Morgan fingerprint density at radius 2 is 2.20 bits per heavy atom. The molecule has 0 spiro atoms. The van der Waals surface area contributed by atoms with Gasteiger partial charge in [-0.25, -0.2) is 0 Å². The molecule has 0 radical (unpaired) electrons. The van der Waals surface area contributed by atoms with Crippen molar-refractivity contribution in [2.75, 3.05) is 12.3 Å². The minimum atomic E-state index is -1.45. The Labute approximate surface area is 118 Å². The van der Waals surface area contributed by atoms with E-state index < -0.39 is 22.8 Å². The number of anilines is 1. The number of nitro benzene ring substituents is 1. The highest BCUT2D eigenvalue weighted by molar-refractivity contribution is 6.31. The van der Waals surface area contributed by atoms with Gasteiger partial charge in [0.05, 0.1) is 11.0 Å². The molecule has 1 aromatic carbocycles. The molecule has 0 heterocycles. The Bertz CT molecular complexity index is 561. The third-order valence-electron chi connectivity index (χ3n) is 2.61. The summed E-state index contributed by atoms with van der Waals surface area (Å²) in [7, 11) is 0. The molecule has 0 aliphatic rings. The quantitative estimate of drug-likeness (QED) is 0.182. The predicted octanol–water partition coefficient (Wildman–Crippen LogP) is 1.93. The molecule has 0 aromatic heterocycles. The van der Waals surface area contributed by atoms with Gasteiger partial charge in [-0.1, -0.05) is 16.7 Å². The summed E-state index contributed by atoms with van der Waals surface area (Å²) < 4.78 is 0. The second-order valence-electron chi connectivity index (χ2n) is 3.94. The van der Waals surface area contributed by atoms with Crippen LogP contribution in [0.2, 0.25) is 5.02 Å². The molecule has 4 N–H and O–H groups in total. The number of benzene rings is 1. The van der Waals surface area contributed by atoms with Gasteiger partial charge in [-0.15, -0.1) is 0 Å². The van der Waals surface area contributed by atoms with Crippen LogP contribution in [0.1, 0.15) is 18.1 Å². The molecule has 2 atom stereocenters. The number of azide groups is 1. The zero-order chi connectivity index (χ0) is 15.3. The zero-order valence-corrected chi connectivity index (χ0v) is 10.9. The van der Waals surface area contributed by atoms with Crippen molar-refractivity contribution >= 4 is 23.0 Å². The number of nitro groups is 1. The van der Waals surface area contributed by atoms with Crippen LogP contribution in [0.15, 0.2) is 17.2 Å². The number of nitrogens with two attached hydrogens (primary N) is 1. The Morgan fingerprint density at radius 1 is 1.55 bits per heavy atom. The van der Waals surface area contributed by atoms with Gasteiger partial charge < -0.3 is 15.9 Å². The molecule has 10 heteroatoms. The lowest BCUT2D eigenvalue weighted by molar-refractivity contribution is -0.384. The number of nitrogen functional groups attached to an aromatic ring is 1. The first-order valence-electron chi connectivity index (χ1n) is 5.48. The predicted molar refractivity (Wildman–Crippen MR) is 72.1 cm³/mol. The van der Waals surface area contributed by atoms with Gasteiger partial charge in [0, 0.05) is 28.1 Å². The van der Waals surface area contributed by atoms with Crippen LogP contribution in [0.4, 0.5) is 11.4 Å². The number of halogens is 1. The van der Waals surface area contributed by atoms with Crippen LogP contribution in [0.3, 0.4) is 0 Å². The molecule has 0 bridgehead atoms. The third-order valence-corrected chi connectivity index (χ3v) is 2.94. The van der Waals surface area contributed by atoms with E-state index in [1.807, 2.05) is 0 Å². The lowest BCUT2D eigenvalue weighted by Gasteiger charge is -2.18. The molecule has 0 aliphatic carbocycles. The molecular weight excluding hydrogens is 290 g/mol. The maximum atomic E-state index is 10.8. The van der Waals surface area contributed by atoms with Crippen LogP contribution in [0.25, 0.3) is 10.4 Å². The minimum Gasteiger partial charge on any atom is -0.393 e. The van der Waals surface area contributed by atoms with E-state index in [0.717, 1.165) is 12.1 Å². The second-order valence-corrected chi connectivity index (χ2v) is 4.35. The first-order chi connectivity index (χ1) is 9.38. The molecule has 0 amide bonds. The molecular formula is C10H12ClN5O4. The van der Waals surface area contributed by atoms with Gasteiger partial charge in [0.2, 0.25) is 0 Å². The molecule has 0 fully saturated rings. The summed E-state index contributed by atoms with van der Waals surface area (Å²) in [5.41, 5.74) is 13.0. The Morgan fingerprint density at radius 3 is 2.75 bits per heavy atom. The van der Waals surface area contributed by atoms with E-state index in [4.69, 9.17) is 22.9 Å². The van der Waals surface area contributed by atoms with Crippen LogP contribution in [-0.4, -0.2) is 27.8 Å². The van der Waals surface area contributed by atoms with E-state index in [1.54, 1.807) is 0 Å². The van der Waals surface area contributed by atoms with E-state index in [-0.39, 0.29) is 29.2 Å². The summed E-state index contributed by atoms with van der Waals surface area (Å²) >= 11 is 5.85. The van der Waals surface area contributed by atoms with Crippen molar-refractivity contribution in [3.8, 4) is 0 Å². The first kappa shape index (κ1) is 16.0. The third kappa shape index (κ3) is 3.72. The molecule has 20 heavy (non-hydrogen) atoms. The summed E-state index contributed by atoms with van der Waals surface area (Å²) in [6, 6.07) is 2.15. The largest absolute Gasteiger partial charge is 0.393 e. The summed E-state index contributed by atoms with van der Waals surface area (Å²) in [6.07, 6.45) is -2.74. The smallest absolute Gasteiger partial charge is 0.292 e. The van der Waals surface area contributed by atoms with Gasteiger partial charge in [-0.05, 0) is 18.0 Å². The van der Waals surface area contributed by atoms with Crippen molar-refractivity contribution in [1.29, 1.82) is 0 Å². The number of hydrogen-bond donors (Lipinski definition) is 3. The fourth-order valence-electron chi connectivity index (χ4n) is 1.58. The maximum absolute atomic E-state index is 10.8. The standard InChI is InChI=1S/C10H12ClN5O4/c11-6-4-7(12)8(16(19)20)3-5(6)10(18)9(17)1-2-14-15-13/h3-4,9-10,17-18H,1-2,12H2. The topological polar surface area (TPSA) is 158 Å². The first-order valence-corrected chi connectivity index (χ1v) is 5.86. The van der Waals surface area contributed by atoms with Crippen molar-refractivity contribution in [2.45, 2.75) is 18.6 Å². The summed E-state index contributed by atoms with van der Waals surface area (Å²) in [5.74, 6) is 0. The van der Waals surface area contributed by atoms with Crippen LogP contribution in [0, 0.1) is 10.1 Å². The van der Waals surface area contributed by atoms with Crippen LogP contribution in [0.5, 0.6) is 0 Å². The van der Waals surface area contributed by atoms with Crippen molar-refractivity contribution in [2.24, 2.45) is 5.11 Å². The number of hydrogen-bond acceptors (Lipinski definition) is 6. The number of aliphatic hydroxyl groups excluding tert-OH is 2. The fraction of sp³-hybridized carbons (Fsp3) is 0.400. The molecule has 0 saturated carbocycles. The lowest BCUT2D eigenvalue weighted by atomic mass is 10.0. The Balaban J connectivity index is 3.02. The van der Waals surface area contributed by atoms with Crippen molar-refractivity contribution in [1.82, 2.24) is 0 Å². The van der Waals surface area contributed by atoms with Crippen LogP contribution >= 0.6 is 11.6 Å². The van der Waals surface area contributed by atoms with E-state index in [2.05, 4.69) is 10.0 Å². The van der Waals surface area contributed by atoms with Crippen LogP contribution < -0.4 is 5.73 Å². The highest BCUT2D eigenvalue weighted by Crippen LogP contribution is 2.34. The molecule has 0 saturated heterocycles. The Hall–Kier alpha value is -2.06. The second kappa shape index (κ2) is 6.92. The average molecular weight is 302 g/mol. The van der Waals surface area contributed by atoms with E-state index in [9.17, 15) is 20.3 Å². The van der Waals surface area contributed by atoms with Crippen molar-refractivity contribution in [3.05, 3.63) is 43.3 Å². The summed E-state index contributed by atoms with van der Waals surface area (Å²) in [5, 5.41) is 33.7. The Kier molecular flexibility index (Phi) is 5.53. The van der Waals surface area contributed by atoms with Gasteiger partial charge in [0.1, 0.15) is 11.8 Å². The maximum Gasteiger partial charge on any atom is 0.292 e. The summed E-state index contributed by atoms with van der Waals surface area (Å²) in [4.78, 5) is 12.6. The SMILES string of the molecule is [N-]=[N+]=NCCC(O)C(O)c1cc([N+](=O)[O-])c(N)cc1Cl. The molecule has 0 aliphatic heterocycles. The van der Waals surface area contributed by atoms with E-state index >= 15 is 0 Å². The van der Waals surface area contributed by atoms with Gasteiger partial charge in [-0.3, -0.25) is 10.1 Å². The molecule has 108 valence electrons. The lowest BCUT2D eigenvalue weighted by Crippen LogP contribution is -2.19. The number of nitrogens with zero attached hydrogens (tertiary/aromatic N) is 4. The van der Waals surface area contributed by atoms with Gasteiger partial charge in [0.25, 0.3) is 5.69 Å². The molecule has 9 nitrogen and oxygen atoms in total. The molecule has 1 aromatic rings. The van der Waals surface area contributed by atoms with E-state index in [0.29, 0.717) is 0 Å². The van der Waals surface area contributed by atoms with Crippen LogP contribution in [-0.2, 0) is 0 Å².